The molecule has 0 atom stereocenters. The van der Waals surface area contributed by atoms with Crippen molar-refractivity contribution in [3.05, 3.63) is 52.9 Å². The molecule has 0 radical (unpaired) electrons. The summed E-state index contributed by atoms with van der Waals surface area (Å²) in [4.78, 5) is 18.2. The second kappa shape index (κ2) is 10.5. The number of aromatic nitrogens is 1. The number of nitrogens with zero attached hydrogens (tertiary/aromatic N) is 3. The fourth-order valence-electron chi connectivity index (χ4n) is 2.62. The minimum atomic E-state index is 0.0116. The molecular formula is C21H31N5O2. The molecule has 1 aromatic carbocycles. The lowest BCUT2D eigenvalue weighted by atomic mass is 10.1. The quantitative estimate of drug-likeness (QED) is 0.539. The fourth-order valence-corrected chi connectivity index (χ4v) is 2.62. The highest BCUT2D eigenvalue weighted by atomic mass is 16.5. The van der Waals surface area contributed by atoms with E-state index in [2.05, 4.69) is 34.6 Å². The molecule has 0 saturated heterocycles. The van der Waals surface area contributed by atoms with E-state index < -0.39 is 0 Å². The predicted octanol–water partition coefficient (Wildman–Crippen LogP) is 2.80. The molecule has 1 amide bonds. The zero-order valence-electron chi connectivity index (χ0n) is 17.5. The Kier molecular flexibility index (Phi) is 8.04. The number of carbonyl (C=O) groups excluding carboxylic acids is 1. The summed E-state index contributed by atoms with van der Waals surface area (Å²) >= 11 is 0. The van der Waals surface area contributed by atoms with E-state index in [9.17, 15) is 4.79 Å². The second-order valence-corrected chi connectivity index (χ2v) is 7.14. The van der Waals surface area contributed by atoms with Crippen LogP contribution in [0.5, 0.6) is 0 Å². The standard InChI is InChI=1S/C21H31N5O2/c1-6-22-21(24-14-18-13-19(15(2)3)25-28-18)23-11-10-16-8-7-9-17(12-16)20(27)26(4)5/h7-9,12-13,15H,6,10-11,14H2,1-5H3,(H2,22,23,24). The number of guanidine groups is 1. The van der Waals surface area contributed by atoms with E-state index in [0.717, 1.165) is 35.9 Å². The summed E-state index contributed by atoms with van der Waals surface area (Å²) in [6.07, 6.45) is 0.790. The Morgan fingerprint density at radius 1 is 1.25 bits per heavy atom. The van der Waals surface area contributed by atoms with E-state index in [-0.39, 0.29) is 5.91 Å². The van der Waals surface area contributed by atoms with E-state index in [1.807, 2.05) is 37.3 Å². The maximum absolute atomic E-state index is 12.1. The third-order valence-electron chi connectivity index (χ3n) is 4.19. The average Bonchev–Trinajstić information content (AvgIpc) is 3.15. The summed E-state index contributed by atoms with van der Waals surface area (Å²) in [5, 5.41) is 10.6. The molecule has 0 spiro atoms. The van der Waals surface area contributed by atoms with Crippen LogP contribution in [0.15, 0.2) is 39.8 Å². The van der Waals surface area contributed by atoms with Crippen LogP contribution < -0.4 is 10.6 Å². The van der Waals surface area contributed by atoms with Gasteiger partial charge < -0.3 is 20.1 Å². The summed E-state index contributed by atoms with van der Waals surface area (Å²) in [5.74, 6) is 1.82. The Morgan fingerprint density at radius 3 is 2.68 bits per heavy atom. The Morgan fingerprint density at radius 2 is 2.04 bits per heavy atom. The molecular weight excluding hydrogens is 354 g/mol. The van der Waals surface area contributed by atoms with E-state index >= 15 is 0 Å². The molecule has 2 N–H and O–H groups in total. The highest BCUT2D eigenvalue weighted by Crippen LogP contribution is 2.14. The Labute approximate surface area is 167 Å². The van der Waals surface area contributed by atoms with E-state index in [4.69, 9.17) is 4.52 Å². The fraction of sp³-hybridized carbons (Fsp3) is 0.476. The Balaban J connectivity index is 1.92. The number of benzene rings is 1. The van der Waals surface area contributed by atoms with Gasteiger partial charge in [-0.05, 0) is 37.0 Å². The van der Waals surface area contributed by atoms with Crippen LogP contribution in [0.3, 0.4) is 0 Å². The molecule has 0 aliphatic carbocycles. The normalized spacial score (nSPS) is 11.6. The van der Waals surface area contributed by atoms with Crippen molar-refractivity contribution in [2.75, 3.05) is 27.2 Å². The van der Waals surface area contributed by atoms with Crippen molar-refractivity contribution in [1.29, 1.82) is 0 Å². The van der Waals surface area contributed by atoms with E-state index in [1.54, 1.807) is 19.0 Å². The molecule has 7 nitrogen and oxygen atoms in total. The second-order valence-electron chi connectivity index (χ2n) is 7.14. The zero-order chi connectivity index (χ0) is 20.5. The van der Waals surface area contributed by atoms with Gasteiger partial charge in [0.2, 0.25) is 0 Å². The first-order chi connectivity index (χ1) is 13.4. The van der Waals surface area contributed by atoms with Crippen molar-refractivity contribution in [2.45, 2.75) is 39.7 Å². The van der Waals surface area contributed by atoms with Gasteiger partial charge in [0.05, 0.1) is 5.69 Å². The Hall–Kier alpha value is -2.83. The van der Waals surface area contributed by atoms with Gasteiger partial charge in [0.15, 0.2) is 11.7 Å². The molecule has 1 heterocycles. The van der Waals surface area contributed by atoms with Crippen molar-refractivity contribution < 1.29 is 9.32 Å². The van der Waals surface area contributed by atoms with Crippen LogP contribution >= 0.6 is 0 Å². The molecule has 2 rings (SSSR count). The molecule has 0 unspecified atom stereocenters. The monoisotopic (exact) mass is 385 g/mol. The van der Waals surface area contributed by atoms with Crippen molar-refractivity contribution in [2.24, 2.45) is 4.99 Å². The van der Waals surface area contributed by atoms with Gasteiger partial charge >= 0.3 is 0 Å². The maximum Gasteiger partial charge on any atom is 0.253 e. The summed E-state index contributed by atoms with van der Waals surface area (Å²) < 4.78 is 5.33. The van der Waals surface area contributed by atoms with Gasteiger partial charge in [-0.1, -0.05) is 31.1 Å². The van der Waals surface area contributed by atoms with Crippen LogP contribution in [0.1, 0.15) is 54.1 Å². The summed E-state index contributed by atoms with van der Waals surface area (Å²) in [6.45, 7) is 8.10. The van der Waals surface area contributed by atoms with Crippen LogP contribution in [-0.2, 0) is 13.0 Å². The number of aliphatic imine (C=N–C) groups is 1. The van der Waals surface area contributed by atoms with Gasteiger partial charge in [-0.25, -0.2) is 4.99 Å². The van der Waals surface area contributed by atoms with Crippen LogP contribution in [0.4, 0.5) is 0 Å². The van der Waals surface area contributed by atoms with Crippen molar-refractivity contribution in [1.82, 2.24) is 20.7 Å². The first kappa shape index (κ1) is 21.5. The number of amides is 1. The van der Waals surface area contributed by atoms with Gasteiger partial charge in [0, 0.05) is 38.8 Å². The lowest BCUT2D eigenvalue weighted by molar-refractivity contribution is 0.0827. The lowest BCUT2D eigenvalue weighted by Gasteiger charge is -2.13. The molecule has 0 bridgehead atoms. The van der Waals surface area contributed by atoms with E-state index in [0.29, 0.717) is 24.6 Å². The molecule has 2 aromatic rings. The van der Waals surface area contributed by atoms with Crippen molar-refractivity contribution in [3.8, 4) is 0 Å². The number of hydrogen-bond donors (Lipinski definition) is 2. The molecule has 0 saturated carbocycles. The van der Waals surface area contributed by atoms with Crippen molar-refractivity contribution in [3.63, 3.8) is 0 Å². The molecule has 7 heteroatoms. The van der Waals surface area contributed by atoms with Gasteiger partial charge in [-0.3, -0.25) is 4.79 Å². The minimum Gasteiger partial charge on any atom is -0.359 e. The van der Waals surface area contributed by atoms with Crippen LogP contribution in [0, 0.1) is 0 Å². The highest BCUT2D eigenvalue weighted by molar-refractivity contribution is 5.94. The average molecular weight is 386 g/mol. The molecule has 152 valence electrons. The van der Waals surface area contributed by atoms with Crippen LogP contribution in [0.2, 0.25) is 0 Å². The number of rotatable bonds is 8. The van der Waals surface area contributed by atoms with Crippen LogP contribution in [0.25, 0.3) is 0 Å². The minimum absolute atomic E-state index is 0.0116. The lowest BCUT2D eigenvalue weighted by Crippen LogP contribution is -2.38. The van der Waals surface area contributed by atoms with Gasteiger partial charge in [-0.15, -0.1) is 0 Å². The SMILES string of the molecule is CCNC(=NCc1cc(C(C)C)no1)NCCc1cccc(C(=O)N(C)C)c1. The summed E-state index contributed by atoms with van der Waals surface area (Å²) in [7, 11) is 3.52. The highest BCUT2D eigenvalue weighted by Gasteiger charge is 2.09. The van der Waals surface area contributed by atoms with Crippen molar-refractivity contribution >= 4 is 11.9 Å². The third kappa shape index (κ3) is 6.40. The topological polar surface area (TPSA) is 82.8 Å². The summed E-state index contributed by atoms with van der Waals surface area (Å²) in [5.41, 5.74) is 2.75. The number of carbonyl (C=O) groups is 1. The smallest absolute Gasteiger partial charge is 0.253 e. The van der Waals surface area contributed by atoms with E-state index in [1.165, 1.54) is 0 Å². The third-order valence-corrected chi connectivity index (χ3v) is 4.19. The largest absolute Gasteiger partial charge is 0.359 e. The first-order valence-electron chi connectivity index (χ1n) is 9.69. The molecule has 28 heavy (non-hydrogen) atoms. The number of hydrogen-bond acceptors (Lipinski definition) is 4. The van der Waals surface area contributed by atoms with Gasteiger partial charge in [0.1, 0.15) is 6.54 Å². The molecule has 0 fully saturated rings. The Bertz CT molecular complexity index is 796. The number of nitrogens with one attached hydrogen (secondary N) is 2. The first-order valence-corrected chi connectivity index (χ1v) is 9.69. The van der Waals surface area contributed by atoms with Gasteiger partial charge in [-0.2, -0.15) is 0 Å². The summed E-state index contributed by atoms with van der Waals surface area (Å²) in [6, 6.07) is 9.68. The predicted molar refractivity (Wildman–Crippen MR) is 112 cm³/mol. The zero-order valence-corrected chi connectivity index (χ0v) is 17.5. The van der Waals surface area contributed by atoms with Gasteiger partial charge in [0.25, 0.3) is 5.91 Å². The molecule has 0 aliphatic rings. The molecule has 1 aromatic heterocycles. The van der Waals surface area contributed by atoms with Crippen LogP contribution in [-0.4, -0.2) is 49.1 Å². The molecule has 0 aliphatic heterocycles. The maximum atomic E-state index is 12.1.